The summed E-state index contributed by atoms with van der Waals surface area (Å²) >= 11 is 5.81. The second kappa shape index (κ2) is 8.32. The highest BCUT2D eigenvalue weighted by Crippen LogP contribution is 2.25. The van der Waals surface area contributed by atoms with Crippen LogP contribution < -0.4 is 10.1 Å². The molecule has 2 aromatic carbocycles. The quantitative estimate of drug-likeness (QED) is 0.458. The third kappa shape index (κ3) is 4.38. The molecule has 0 unspecified atom stereocenters. The van der Waals surface area contributed by atoms with E-state index >= 15 is 0 Å². The van der Waals surface area contributed by atoms with Crippen molar-refractivity contribution in [2.24, 2.45) is 0 Å². The maximum Gasteiger partial charge on any atom is 0.223 e. The zero-order chi connectivity index (χ0) is 20.2. The summed E-state index contributed by atoms with van der Waals surface area (Å²) in [6, 6.07) is 11.0. The molecule has 0 saturated heterocycles. The van der Waals surface area contributed by atoms with Crippen molar-refractivity contribution in [3.05, 3.63) is 77.5 Å². The molecule has 2 heterocycles. The summed E-state index contributed by atoms with van der Waals surface area (Å²) in [5.41, 5.74) is 0.976. The molecule has 29 heavy (non-hydrogen) atoms. The molecule has 4 rings (SSSR count). The van der Waals surface area contributed by atoms with E-state index in [9.17, 15) is 8.78 Å². The minimum absolute atomic E-state index is 0.0414. The first-order valence-electron chi connectivity index (χ1n) is 8.67. The van der Waals surface area contributed by atoms with Crippen LogP contribution in [0.3, 0.4) is 0 Å². The number of hydrogen-bond donors (Lipinski definition) is 1. The fraction of sp³-hybridized carbons (Fsp3) is 0.100. The Morgan fingerprint density at radius 2 is 1.66 bits per heavy atom. The number of rotatable bonds is 6. The molecule has 4 aromatic rings. The standard InChI is InChI=1S/C20H14ClF2N5O/c21-16-9-17(26-10-25-16)29-13-3-1-12(2-4-13)7-8-24-20-18-14(22)5-6-15(23)19(18)27-11-28-20/h1-6,9-11H,7-8H2,(H,24,27,28). The molecule has 2 aromatic heterocycles. The van der Waals surface area contributed by atoms with E-state index in [2.05, 4.69) is 25.3 Å². The molecule has 146 valence electrons. The molecule has 0 radical (unpaired) electrons. The summed E-state index contributed by atoms with van der Waals surface area (Å²) in [6.45, 7) is 0.476. The van der Waals surface area contributed by atoms with Crippen LogP contribution in [0.2, 0.25) is 5.15 Å². The lowest BCUT2D eigenvalue weighted by Gasteiger charge is -2.10. The van der Waals surface area contributed by atoms with Crippen molar-refractivity contribution in [3.63, 3.8) is 0 Å². The van der Waals surface area contributed by atoms with E-state index in [1.54, 1.807) is 12.1 Å². The summed E-state index contributed by atoms with van der Waals surface area (Å²) in [7, 11) is 0. The molecule has 6 nitrogen and oxygen atoms in total. The van der Waals surface area contributed by atoms with E-state index < -0.39 is 11.6 Å². The fourth-order valence-corrected chi connectivity index (χ4v) is 2.92. The van der Waals surface area contributed by atoms with E-state index in [4.69, 9.17) is 16.3 Å². The number of fused-ring (bicyclic) bond motifs is 1. The topological polar surface area (TPSA) is 72.8 Å². The zero-order valence-electron chi connectivity index (χ0n) is 14.9. The maximum absolute atomic E-state index is 14.1. The summed E-state index contributed by atoms with van der Waals surface area (Å²) in [5, 5.41) is 3.38. The van der Waals surface area contributed by atoms with Crippen molar-refractivity contribution in [2.75, 3.05) is 11.9 Å². The molecule has 9 heteroatoms. The van der Waals surface area contributed by atoms with Gasteiger partial charge in [-0.05, 0) is 36.2 Å². The Hall–Kier alpha value is -3.39. The van der Waals surface area contributed by atoms with Crippen LogP contribution in [0, 0.1) is 11.6 Å². The first-order chi connectivity index (χ1) is 14.1. The van der Waals surface area contributed by atoms with Crippen molar-refractivity contribution < 1.29 is 13.5 Å². The van der Waals surface area contributed by atoms with Gasteiger partial charge in [0.25, 0.3) is 0 Å². The number of nitrogens with zero attached hydrogens (tertiary/aromatic N) is 4. The molecule has 0 bridgehead atoms. The molecule has 0 aliphatic rings. The molecule has 0 atom stereocenters. The van der Waals surface area contributed by atoms with E-state index in [0.29, 0.717) is 29.7 Å². The van der Waals surface area contributed by atoms with Crippen LogP contribution in [0.1, 0.15) is 5.56 Å². The van der Waals surface area contributed by atoms with Crippen LogP contribution in [-0.2, 0) is 6.42 Å². The van der Waals surface area contributed by atoms with Crippen molar-refractivity contribution in [1.29, 1.82) is 0 Å². The third-order valence-corrected chi connectivity index (χ3v) is 4.36. The molecular weight excluding hydrogens is 400 g/mol. The number of aromatic nitrogens is 4. The van der Waals surface area contributed by atoms with Crippen molar-refractivity contribution >= 4 is 28.3 Å². The fourth-order valence-electron chi connectivity index (χ4n) is 2.78. The third-order valence-electron chi connectivity index (χ3n) is 4.15. The lowest BCUT2D eigenvalue weighted by atomic mass is 10.1. The highest BCUT2D eigenvalue weighted by Gasteiger charge is 2.12. The van der Waals surface area contributed by atoms with Gasteiger partial charge >= 0.3 is 0 Å². The van der Waals surface area contributed by atoms with Gasteiger partial charge in [-0.25, -0.2) is 28.7 Å². The first kappa shape index (κ1) is 18.9. The van der Waals surface area contributed by atoms with Crippen LogP contribution in [0.15, 0.2) is 55.1 Å². The summed E-state index contributed by atoms with van der Waals surface area (Å²) in [5.74, 6) is 0.0518. The average molecular weight is 414 g/mol. The second-order valence-corrected chi connectivity index (χ2v) is 6.46. The van der Waals surface area contributed by atoms with Gasteiger partial charge in [0.2, 0.25) is 5.88 Å². The summed E-state index contributed by atoms with van der Waals surface area (Å²) in [4.78, 5) is 15.6. The monoisotopic (exact) mass is 413 g/mol. The summed E-state index contributed by atoms with van der Waals surface area (Å²) < 4.78 is 33.6. The number of hydrogen-bond acceptors (Lipinski definition) is 6. The molecule has 0 spiro atoms. The highest BCUT2D eigenvalue weighted by molar-refractivity contribution is 6.29. The van der Waals surface area contributed by atoms with Gasteiger partial charge in [0.1, 0.15) is 46.5 Å². The number of benzene rings is 2. The van der Waals surface area contributed by atoms with Crippen molar-refractivity contribution in [3.8, 4) is 11.6 Å². The van der Waals surface area contributed by atoms with E-state index in [1.165, 1.54) is 18.7 Å². The van der Waals surface area contributed by atoms with Gasteiger partial charge in [-0.15, -0.1) is 0 Å². The van der Waals surface area contributed by atoms with Gasteiger partial charge in [-0.3, -0.25) is 0 Å². The van der Waals surface area contributed by atoms with Gasteiger partial charge in [0.15, 0.2) is 0 Å². The Morgan fingerprint density at radius 1 is 0.897 bits per heavy atom. The molecule has 0 saturated carbocycles. The molecule has 0 fully saturated rings. The Balaban J connectivity index is 1.40. The van der Waals surface area contributed by atoms with E-state index in [1.807, 2.05) is 12.1 Å². The minimum Gasteiger partial charge on any atom is -0.439 e. The molecule has 0 amide bonds. The summed E-state index contributed by atoms with van der Waals surface area (Å²) in [6.07, 6.45) is 3.17. The Bertz CT molecular complexity index is 1160. The first-order valence-corrected chi connectivity index (χ1v) is 9.05. The van der Waals surface area contributed by atoms with Gasteiger partial charge in [-0.2, -0.15) is 0 Å². The number of ether oxygens (including phenoxy) is 1. The van der Waals surface area contributed by atoms with Crippen LogP contribution in [0.25, 0.3) is 10.9 Å². The minimum atomic E-state index is -0.590. The smallest absolute Gasteiger partial charge is 0.223 e. The normalized spacial score (nSPS) is 10.9. The molecular formula is C20H14ClF2N5O. The van der Waals surface area contributed by atoms with Gasteiger partial charge in [0.05, 0.1) is 5.39 Å². The Morgan fingerprint density at radius 3 is 2.45 bits per heavy atom. The Labute approximate surface area is 169 Å². The zero-order valence-corrected chi connectivity index (χ0v) is 15.7. The predicted molar refractivity (Wildman–Crippen MR) is 105 cm³/mol. The SMILES string of the molecule is Fc1ccc(F)c2c(NCCc3ccc(Oc4cc(Cl)ncn4)cc3)ncnc12. The largest absolute Gasteiger partial charge is 0.439 e. The predicted octanol–water partition coefficient (Wildman–Crippen LogP) is 4.80. The van der Waals surface area contributed by atoms with Gasteiger partial charge < -0.3 is 10.1 Å². The number of anilines is 1. The Kier molecular flexibility index (Phi) is 5.44. The van der Waals surface area contributed by atoms with Gasteiger partial charge in [-0.1, -0.05) is 23.7 Å². The number of halogens is 3. The van der Waals surface area contributed by atoms with Crippen LogP contribution in [0.4, 0.5) is 14.6 Å². The van der Waals surface area contributed by atoms with Crippen molar-refractivity contribution in [1.82, 2.24) is 19.9 Å². The number of nitrogens with one attached hydrogen (secondary N) is 1. The molecule has 0 aliphatic heterocycles. The van der Waals surface area contributed by atoms with E-state index in [-0.39, 0.29) is 16.7 Å². The highest BCUT2D eigenvalue weighted by atomic mass is 35.5. The maximum atomic E-state index is 14.1. The molecule has 1 N–H and O–H groups in total. The van der Waals surface area contributed by atoms with Gasteiger partial charge in [0, 0.05) is 12.6 Å². The lowest BCUT2D eigenvalue weighted by molar-refractivity contribution is 0.461. The average Bonchev–Trinajstić information content (AvgIpc) is 2.72. The van der Waals surface area contributed by atoms with E-state index in [0.717, 1.165) is 17.7 Å². The van der Waals surface area contributed by atoms with Crippen LogP contribution >= 0.6 is 11.6 Å². The molecule has 0 aliphatic carbocycles. The van der Waals surface area contributed by atoms with Crippen molar-refractivity contribution in [2.45, 2.75) is 6.42 Å². The second-order valence-electron chi connectivity index (χ2n) is 6.08. The van der Waals surface area contributed by atoms with Crippen LogP contribution in [-0.4, -0.2) is 26.5 Å². The van der Waals surface area contributed by atoms with Crippen LogP contribution in [0.5, 0.6) is 11.6 Å². The lowest BCUT2D eigenvalue weighted by Crippen LogP contribution is -2.08.